The minimum atomic E-state index is -0.246. The topological polar surface area (TPSA) is 32.3 Å². The van der Waals surface area contributed by atoms with Crippen LogP contribution in [0.2, 0.25) is 0 Å². The fourth-order valence-corrected chi connectivity index (χ4v) is 2.37. The highest BCUT2D eigenvalue weighted by Gasteiger charge is 2.08. The predicted octanol–water partition coefficient (Wildman–Crippen LogP) is 3.17. The molecule has 1 N–H and O–H groups in total. The van der Waals surface area contributed by atoms with E-state index in [-0.39, 0.29) is 11.7 Å². The molecule has 0 fully saturated rings. The van der Waals surface area contributed by atoms with Gasteiger partial charge in [0.15, 0.2) is 0 Å². The molecule has 0 aliphatic carbocycles. The number of nitrogens with one attached hydrogen (secondary N) is 1. The minimum Gasteiger partial charge on any atom is -0.377 e. The molecule has 0 unspecified atom stereocenters. The summed E-state index contributed by atoms with van der Waals surface area (Å²) in [6.45, 7) is 2.52. The maximum absolute atomic E-state index is 12.8. The van der Waals surface area contributed by atoms with E-state index in [0.717, 1.165) is 16.8 Å². The molecule has 116 valence electrons. The van der Waals surface area contributed by atoms with Crippen molar-refractivity contribution in [2.75, 3.05) is 25.5 Å². The molecular formula is C18H21FN2O. The lowest BCUT2D eigenvalue weighted by molar-refractivity contribution is 0.0954. The van der Waals surface area contributed by atoms with Crippen LogP contribution in [0.25, 0.3) is 0 Å². The second kappa shape index (κ2) is 7.07. The molecule has 2 aromatic carbocycles. The molecule has 3 nitrogen and oxygen atoms in total. The van der Waals surface area contributed by atoms with E-state index in [1.165, 1.54) is 12.1 Å². The van der Waals surface area contributed by atoms with Gasteiger partial charge in [-0.25, -0.2) is 4.39 Å². The van der Waals surface area contributed by atoms with E-state index in [2.05, 4.69) is 5.32 Å². The normalized spacial score (nSPS) is 10.4. The van der Waals surface area contributed by atoms with Crippen molar-refractivity contribution in [3.8, 4) is 0 Å². The quantitative estimate of drug-likeness (QED) is 0.920. The minimum absolute atomic E-state index is 0.0875. The Balaban J connectivity index is 1.92. The van der Waals surface area contributed by atoms with Gasteiger partial charge in [-0.15, -0.1) is 0 Å². The maximum Gasteiger partial charge on any atom is 0.251 e. The van der Waals surface area contributed by atoms with Gasteiger partial charge < -0.3 is 10.2 Å². The van der Waals surface area contributed by atoms with Crippen LogP contribution in [0.1, 0.15) is 21.5 Å². The summed E-state index contributed by atoms with van der Waals surface area (Å²) in [5.41, 5.74) is 3.82. The van der Waals surface area contributed by atoms with Crippen molar-refractivity contribution in [1.29, 1.82) is 0 Å². The standard InChI is InChI=1S/C18H21FN2O/c1-13-12-15(6-9-17(13)21(2)3)18(22)20-11-10-14-4-7-16(19)8-5-14/h4-9,12H,10-11H2,1-3H3,(H,20,22). The summed E-state index contributed by atoms with van der Waals surface area (Å²) in [7, 11) is 3.95. The average Bonchev–Trinajstić information content (AvgIpc) is 2.48. The summed E-state index contributed by atoms with van der Waals surface area (Å²) >= 11 is 0. The van der Waals surface area contributed by atoms with Gasteiger partial charge in [0.05, 0.1) is 0 Å². The molecule has 0 bridgehead atoms. The van der Waals surface area contributed by atoms with Crippen molar-refractivity contribution in [3.63, 3.8) is 0 Å². The number of hydrogen-bond donors (Lipinski definition) is 1. The Kier molecular flexibility index (Phi) is 5.15. The second-order valence-corrected chi connectivity index (χ2v) is 5.53. The zero-order valence-electron chi connectivity index (χ0n) is 13.2. The van der Waals surface area contributed by atoms with E-state index in [9.17, 15) is 9.18 Å². The van der Waals surface area contributed by atoms with Crippen molar-refractivity contribution in [3.05, 3.63) is 65.0 Å². The zero-order chi connectivity index (χ0) is 16.1. The van der Waals surface area contributed by atoms with Gasteiger partial charge in [-0.05, 0) is 54.8 Å². The lowest BCUT2D eigenvalue weighted by Gasteiger charge is -2.16. The number of halogens is 1. The van der Waals surface area contributed by atoms with Crippen molar-refractivity contribution >= 4 is 11.6 Å². The van der Waals surface area contributed by atoms with Crippen LogP contribution in [-0.4, -0.2) is 26.5 Å². The zero-order valence-corrected chi connectivity index (χ0v) is 13.2. The number of benzene rings is 2. The molecule has 0 heterocycles. The molecule has 2 aromatic rings. The molecular weight excluding hydrogens is 279 g/mol. The first-order valence-electron chi connectivity index (χ1n) is 7.28. The Morgan fingerprint density at radius 1 is 1.14 bits per heavy atom. The van der Waals surface area contributed by atoms with Crippen LogP contribution in [0.3, 0.4) is 0 Å². The summed E-state index contributed by atoms with van der Waals surface area (Å²) in [4.78, 5) is 14.2. The van der Waals surface area contributed by atoms with Gasteiger partial charge in [0.2, 0.25) is 0 Å². The van der Waals surface area contributed by atoms with E-state index < -0.39 is 0 Å². The lowest BCUT2D eigenvalue weighted by atomic mass is 10.1. The van der Waals surface area contributed by atoms with Gasteiger partial charge in [0.25, 0.3) is 5.91 Å². The van der Waals surface area contributed by atoms with Gasteiger partial charge in [-0.1, -0.05) is 12.1 Å². The summed E-state index contributed by atoms with van der Waals surface area (Å²) in [5.74, 6) is -0.334. The van der Waals surface area contributed by atoms with Gasteiger partial charge in [0.1, 0.15) is 5.82 Å². The van der Waals surface area contributed by atoms with Crippen LogP contribution in [0, 0.1) is 12.7 Å². The number of rotatable bonds is 5. The number of anilines is 1. The van der Waals surface area contributed by atoms with Crippen molar-refractivity contribution in [2.24, 2.45) is 0 Å². The highest BCUT2D eigenvalue weighted by molar-refractivity contribution is 5.94. The Bertz CT molecular complexity index is 651. The fraction of sp³-hybridized carbons (Fsp3) is 0.278. The highest BCUT2D eigenvalue weighted by Crippen LogP contribution is 2.18. The average molecular weight is 300 g/mol. The largest absolute Gasteiger partial charge is 0.377 e. The summed E-state index contributed by atoms with van der Waals surface area (Å²) in [5, 5.41) is 2.89. The van der Waals surface area contributed by atoms with Gasteiger partial charge in [0, 0.05) is 31.9 Å². The SMILES string of the molecule is Cc1cc(C(=O)NCCc2ccc(F)cc2)ccc1N(C)C. The molecule has 22 heavy (non-hydrogen) atoms. The smallest absolute Gasteiger partial charge is 0.251 e. The molecule has 0 aromatic heterocycles. The molecule has 2 rings (SSSR count). The van der Waals surface area contributed by atoms with Crippen molar-refractivity contribution in [2.45, 2.75) is 13.3 Å². The van der Waals surface area contributed by atoms with E-state index in [0.29, 0.717) is 18.5 Å². The molecule has 0 aliphatic heterocycles. The molecule has 0 aliphatic rings. The van der Waals surface area contributed by atoms with Crippen molar-refractivity contribution < 1.29 is 9.18 Å². The van der Waals surface area contributed by atoms with Crippen LogP contribution < -0.4 is 10.2 Å². The van der Waals surface area contributed by atoms with Gasteiger partial charge >= 0.3 is 0 Å². The Morgan fingerprint density at radius 3 is 2.41 bits per heavy atom. The first-order chi connectivity index (χ1) is 10.5. The number of aryl methyl sites for hydroxylation is 1. The fourth-order valence-electron chi connectivity index (χ4n) is 2.37. The number of carbonyl (C=O) groups excluding carboxylic acids is 1. The summed E-state index contributed by atoms with van der Waals surface area (Å²) in [6.07, 6.45) is 0.681. The summed E-state index contributed by atoms with van der Waals surface area (Å²) < 4.78 is 12.8. The van der Waals surface area contributed by atoms with Gasteiger partial charge in [-0.2, -0.15) is 0 Å². The Labute approximate surface area is 130 Å². The third-order valence-corrected chi connectivity index (χ3v) is 3.55. The van der Waals surface area contributed by atoms with E-state index in [4.69, 9.17) is 0 Å². The highest BCUT2D eigenvalue weighted by atomic mass is 19.1. The lowest BCUT2D eigenvalue weighted by Crippen LogP contribution is -2.26. The monoisotopic (exact) mass is 300 g/mol. The molecule has 1 amide bonds. The molecule has 0 saturated carbocycles. The van der Waals surface area contributed by atoms with E-state index in [1.807, 2.05) is 44.1 Å². The predicted molar refractivity (Wildman–Crippen MR) is 87.9 cm³/mol. The number of amides is 1. The molecule has 0 atom stereocenters. The first kappa shape index (κ1) is 16.0. The second-order valence-electron chi connectivity index (χ2n) is 5.53. The van der Waals surface area contributed by atoms with Crippen LogP contribution in [0.5, 0.6) is 0 Å². The summed E-state index contributed by atoms with van der Waals surface area (Å²) in [6, 6.07) is 12.0. The van der Waals surface area contributed by atoms with Crippen LogP contribution in [0.4, 0.5) is 10.1 Å². The maximum atomic E-state index is 12.8. The van der Waals surface area contributed by atoms with Crippen LogP contribution in [0.15, 0.2) is 42.5 Å². The van der Waals surface area contributed by atoms with Crippen molar-refractivity contribution in [1.82, 2.24) is 5.32 Å². The molecule has 4 heteroatoms. The van der Waals surface area contributed by atoms with Crippen LogP contribution >= 0.6 is 0 Å². The van der Waals surface area contributed by atoms with Gasteiger partial charge in [-0.3, -0.25) is 4.79 Å². The Hall–Kier alpha value is -2.36. The van der Waals surface area contributed by atoms with Crippen LogP contribution in [-0.2, 0) is 6.42 Å². The number of carbonyl (C=O) groups is 1. The van der Waals surface area contributed by atoms with E-state index in [1.54, 1.807) is 12.1 Å². The molecule has 0 saturated heterocycles. The third kappa shape index (κ3) is 4.07. The number of hydrogen-bond acceptors (Lipinski definition) is 2. The first-order valence-corrected chi connectivity index (χ1v) is 7.28. The molecule has 0 radical (unpaired) electrons. The Morgan fingerprint density at radius 2 is 1.82 bits per heavy atom. The van der Waals surface area contributed by atoms with E-state index >= 15 is 0 Å². The number of nitrogens with zero attached hydrogens (tertiary/aromatic N) is 1. The third-order valence-electron chi connectivity index (χ3n) is 3.55. The molecule has 0 spiro atoms.